The van der Waals surface area contributed by atoms with E-state index in [1.807, 2.05) is 62.4 Å². The van der Waals surface area contributed by atoms with Gasteiger partial charge in [0.1, 0.15) is 11.8 Å². The summed E-state index contributed by atoms with van der Waals surface area (Å²) in [6, 6.07) is 15.1. The van der Waals surface area contributed by atoms with E-state index < -0.39 is 6.04 Å². The lowest BCUT2D eigenvalue weighted by Gasteiger charge is -2.29. The van der Waals surface area contributed by atoms with Crippen molar-refractivity contribution in [1.29, 1.82) is 0 Å². The van der Waals surface area contributed by atoms with Gasteiger partial charge in [0.15, 0.2) is 0 Å². The summed E-state index contributed by atoms with van der Waals surface area (Å²) in [5.74, 6) is 0.798. The molecule has 0 radical (unpaired) electrons. The van der Waals surface area contributed by atoms with Crippen LogP contribution in [0.5, 0.6) is 5.75 Å². The van der Waals surface area contributed by atoms with E-state index in [2.05, 4.69) is 5.32 Å². The number of benzene rings is 2. The highest BCUT2D eigenvalue weighted by Gasteiger charge is 2.26. The van der Waals surface area contributed by atoms with Crippen molar-refractivity contribution in [3.05, 3.63) is 59.7 Å². The number of hydrogen-bond donors (Lipinski definition) is 1. The highest BCUT2D eigenvalue weighted by atomic mass is 32.2. The van der Waals surface area contributed by atoms with Crippen LogP contribution in [-0.4, -0.2) is 42.2 Å². The van der Waals surface area contributed by atoms with Gasteiger partial charge in [0, 0.05) is 18.0 Å². The van der Waals surface area contributed by atoms with Gasteiger partial charge in [0.05, 0.1) is 12.9 Å². The summed E-state index contributed by atoms with van der Waals surface area (Å²) >= 11 is 1.48. The number of carbonyl (C=O) groups excluding carboxylic acids is 2. The monoisotopic (exact) mass is 414 g/mol. The fourth-order valence-corrected chi connectivity index (χ4v) is 3.59. The molecule has 2 aromatic carbocycles. The summed E-state index contributed by atoms with van der Waals surface area (Å²) < 4.78 is 5.29. The van der Waals surface area contributed by atoms with Crippen LogP contribution in [-0.2, 0) is 16.1 Å². The Morgan fingerprint density at radius 2 is 1.90 bits per heavy atom. The van der Waals surface area contributed by atoms with E-state index in [-0.39, 0.29) is 17.6 Å². The van der Waals surface area contributed by atoms with Crippen LogP contribution >= 0.6 is 11.8 Å². The Morgan fingerprint density at radius 1 is 1.17 bits per heavy atom. The number of nitrogens with zero attached hydrogens (tertiary/aromatic N) is 1. The molecule has 0 heterocycles. The molecule has 156 valence electrons. The smallest absolute Gasteiger partial charge is 0.242 e. The summed E-state index contributed by atoms with van der Waals surface area (Å²) in [6.45, 7) is 6.77. The first kappa shape index (κ1) is 22.8. The number of aryl methyl sites for hydroxylation is 1. The second-order valence-corrected chi connectivity index (χ2v) is 7.99. The number of rotatable bonds is 10. The summed E-state index contributed by atoms with van der Waals surface area (Å²) in [4.78, 5) is 28.3. The van der Waals surface area contributed by atoms with Crippen LogP contribution in [0.15, 0.2) is 53.4 Å². The third kappa shape index (κ3) is 7.13. The largest absolute Gasteiger partial charge is 0.497 e. The lowest BCUT2D eigenvalue weighted by Crippen LogP contribution is -2.48. The van der Waals surface area contributed by atoms with Crippen LogP contribution in [0.4, 0.5) is 0 Å². The minimum atomic E-state index is -0.557. The topological polar surface area (TPSA) is 58.6 Å². The Balaban J connectivity index is 2.14. The summed E-state index contributed by atoms with van der Waals surface area (Å²) in [5, 5.41) is 2.89. The van der Waals surface area contributed by atoms with Crippen molar-refractivity contribution in [2.45, 2.75) is 44.7 Å². The number of amides is 2. The van der Waals surface area contributed by atoms with Gasteiger partial charge in [-0.25, -0.2) is 0 Å². The lowest BCUT2D eigenvalue weighted by atomic mass is 10.1. The van der Waals surface area contributed by atoms with Gasteiger partial charge in [-0.15, -0.1) is 11.8 Å². The molecule has 0 aromatic heterocycles. The van der Waals surface area contributed by atoms with Gasteiger partial charge in [0.2, 0.25) is 11.8 Å². The molecule has 0 saturated carbocycles. The normalized spacial score (nSPS) is 11.6. The van der Waals surface area contributed by atoms with Crippen LogP contribution in [0.1, 0.15) is 31.4 Å². The zero-order chi connectivity index (χ0) is 21.2. The molecule has 0 aliphatic rings. The van der Waals surface area contributed by atoms with Crippen molar-refractivity contribution in [2.75, 3.05) is 19.4 Å². The van der Waals surface area contributed by atoms with Gasteiger partial charge >= 0.3 is 0 Å². The van der Waals surface area contributed by atoms with E-state index in [4.69, 9.17) is 4.74 Å². The molecule has 0 aliphatic heterocycles. The summed E-state index contributed by atoms with van der Waals surface area (Å²) in [5.41, 5.74) is 2.11. The minimum absolute atomic E-state index is 0.0717. The van der Waals surface area contributed by atoms with Crippen LogP contribution in [0, 0.1) is 6.92 Å². The van der Waals surface area contributed by atoms with E-state index in [0.29, 0.717) is 13.1 Å². The number of methoxy groups -OCH3 is 1. The number of hydrogen-bond acceptors (Lipinski definition) is 4. The average molecular weight is 415 g/mol. The van der Waals surface area contributed by atoms with E-state index in [0.717, 1.165) is 22.6 Å². The third-order valence-electron chi connectivity index (χ3n) is 4.59. The van der Waals surface area contributed by atoms with Gasteiger partial charge in [-0.3, -0.25) is 9.59 Å². The quantitative estimate of drug-likeness (QED) is 0.596. The fourth-order valence-electron chi connectivity index (χ4n) is 2.81. The van der Waals surface area contributed by atoms with Gasteiger partial charge in [0.25, 0.3) is 0 Å². The number of nitrogens with one attached hydrogen (secondary N) is 1. The van der Waals surface area contributed by atoms with Gasteiger partial charge in [-0.05, 0) is 50.1 Å². The lowest BCUT2D eigenvalue weighted by molar-refractivity contribution is -0.138. The molecule has 5 nitrogen and oxygen atoms in total. The van der Waals surface area contributed by atoms with Crippen molar-refractivity contribution < 1.29 is 14.3 Å². The van der Waals surface area contributed by atoms with Crippen LogP contribution < -0.4 is 10.1 Å². The first-order valence-electron chi connectivity index (χ1n) is 9.84. The summed E-state index contributed by atoms with van der Waals surface area (Å²) in [7, 11) is 1.61. The Kier molecular flexibility index (Phi) is 9.06. The molecule has 0 aliphatic carbocycles. The number of thioether (sulfide) groups is 1. The molecular formula is C23H30N2O3S. The molecule has 2 amide bonds. The Morgan fingerprint density at radius 3 is 2.55 bits per heavy atom. The molecular weight excluding hydrogens is 384 g/mol. The third-order valence-corrected chi connectivity index (χ3v) is 5.58. The molecule has 1 N–H and O–H groups in total. The highest BCUT2D eigenvalue weighted by molar-refractivity contribution is 8.00. The van der Waals surface area contributed by atoms with E-state index in [9.17, 15) is 9.59 Å². The van der Waals surface area contributed by atoms with Crippen LogP contribution in [0.2, 0.25) is 0 Å². The zero-order valence-electron chi connectivity index (χ0n) is 17.6. The van der Waals surface area contributed by atoms with Crippen LogP contribution in [0.3, 0.4) is 0 Å². The van der Waals surface area contributed by atoms with E-state index in [1.54, 1.807) is 18.9 Å². The molecule has 2 rings (SSSR count). The predicted octanol–water partition coefficient (Wildman–Crippen LogP) is 4.04. The molecule has 29 heavy (non-hydrogen) atoms. The molecule has 0 fully saturated rings. The molecule has 0 saturated heterocycles. The molecule has 2 aromatic rings. The first-order valence-corrected chi connectivity index (χ1v) is 10.8. The molecule has 0 bridgehead atoms. The van der Waals surface area contributed by atoms with Crippen molar-refractivity contribution in [3.63, 3.8) is 0 Å². The van der Waals surface area contributed by atoms with Gasteiger partial charge in [-0.2, -0.15) is 0 Å². The molecule has 0 spiro atoms. The molecule has 0 unspecified atom stereocenters. The average Bonchev–Trinajstić information content (AvgIpc) is 2.74. The Bertz CT molecular complexity index is 808. The molecule has 6 heteroatoms. The Labute approximate surface area is 177 Å². The SMILES string of the molecule is CCCNC(=O)[C@H](C)N(Cc1cccc(OC)c1)C(=O)CSc1ccc(C)cc1. The van der Waals surface area contributed by atoms with Crippen molar-refractivity contribution >= 4 is 23.6 Å². The van der Waals surface area contributed by atoms with Gasteiger partial charge < -0.3 is 15.0 Å². The zero-order valence-corrected chi connectivity index (χ0v) is 18.4. The Hall–Kier alpha value is -2.47. The minimum Gasteiger partial charge on any atom is -0.497 e. The molecule has 1 atom stereocenters. The number of ether oxygens (including phenoxy) is 1. The first-order chi connectivity index (χ1) is 13.9. The second-order valence-electron chi connectivity index (χ2n) is 6.94. The summed E-state index contributed by atoms with van der Waals surface area (Å²) in [6.07, 6.45) is 0.853. The second kappa shape index (κ2) is 11.5. The maximum Gasteiger partial charge on any atom is 0.242 e. The van der Waals surface area contributed by atoms with E-state index in [1.165, 1.54) is 17.3 Å². The number of carbonyl (C=O) groups is 2. The van der Waals surface area contributed by atoms with E-state index >= 15 is 0 Å². The van der Waals surface area contributed by atoms with Crippen molar-refractivity contribution in [1.82, 2.24) is 10.2 Å². The predicted molar refractivity (Wildman–Crippen MR) is 118 cm³/mol. The van der Waals surface area contributed by atoms with Crippen LogP contribution in [0.25, 0.3) is 0 Å². The maximum absolute atomic E-state index is 13.1. The van der Waals surface area contributed by atoms with Crippen molar-refractivity contribution in [3.8, 4) is 5.75 Å². The fraction of sp³-hybridized carbons (Fsp3) is 0.391. The standard InChI is InChI=1S/C23H30N2O3S/c1-5-13-24-23(27)18(3)25(15-19-7-6-8-20(14-19)28-4)22(26)16-29-21-11-9-17(2)10-12-21/h6-12,14,18H,5,13,15-16H2,1-4H3,(H,24,27)/t18-/m0/s1. The van der Waals surface area contributed by atoms with Gasteiger partial charge in [-0.1, -0.05) is 36.8 Å². The highest BCUT2D eigenvalue weighted by Crippen LogP contribution is 2.21. The van der Waals surface area contributed by atoms with Crippen molar-refractivity contribution in [2.24, 2.45) is 0 Å². The maximum atomic E-state index is 13.1.